The Morgan fingerprint density at radius 3 is 1.62 bits per heavy atom. The fraction of sp³-hybridized carbons (Fsp3) is 0.842. The van der Waals surface area contributed by atoms with E-state index in [9.17, 15) is 4.79 Å². The summed E-state index contributed by atoms with van der Waals surface area (Å²) in [7, 11) is 0. The molecule has 0 bridgehead atoms. The molecule has 0 rings (SSSR count). The summed E-state index contributed by atoms with van der Waals surface area (Å²) in [5.41, 5.74) is 0. The van der Waals surface area contributed by atoms with Crippen LogP contribution in [0.5, 0.6) is 0 Å². The predicted molar refractivity (Wildman–Crippen MR) is 91.7 cm³/mol. The van der Waals surface area contributed by atoms with Crippen molar-refractivity contribution < 1.29 is 9.90 Å². The van der Waals surface area contributed by atoms with Crippen LogP contribution in [0.15, 0.2) is 12.2 Å². The van der Waals surface area contributed by atoms with Gasteiger partial charge >= 0.3 is 5.97 Å². The summed E-state index contributed by atoms with van der Waals surface area (Å²) in [5.74, 6) is -0.662. The Labute approximate surface area is 132 Å². The van der Waals surface area contributed by atoms with E-state index >= 15 is 0 Å². The molecule has 0 saturated heterocycles. The quantitative estimate of drug-likeness (QED) is 0.261. The van der Waals surface area contributed by atoms with Gasteiger partial charge in [0.15, 0.2) is 0 Å². The van der Waals surface area contributed by atoms with E-state index in [4.69, 9.17) is 5.11 Å². The topological polar surface area (TPSA) is 37.3 Å². The van der Waals surface area contributed by atoms with Crippen LogP contribution < -0.4 is 0 Å². The molecule has 0 aliphatic heterocycles. The zero-order valence-electron chi connectivity index (χ0n) is 14.1. The van der Waals surface area contributed by atoms with Gasteiger partial charge in [0.2, 0.25) is 0 Å². The third kappa shape index (κ3) is 19.2. The van der Waals surface area contributed by atoms with Crippen molar-refractivity contribution in [2.75, 3.05) is 0 Å². The SMILES string of the molecule is CCCCCCCC/C=C\CCCCCCCCC(=O)O. The molecule has 0 aliphatic carbocycles. The third-order valence-electron chi connectivity index (χ3n) is 3.90. The van der Waals surface area contributed by atoms with Crippen molar-refractivity contribution in [3.8, 4) is 0 Å². The number of hydrogen-bond donors (Lipinski definition) is 1. The van der Waals surface area contributed by atoms with Gasteiger partial charge in [-0.05, 0) is 32.1 Å². The average Bonchev–Trinajstić information content (AvgIpc) is 2.46. The number of unbranched alkanes of at least 4 members (excludes halogenated alkanes) is 12. The van der Waals surface area contributed by atoms with E-state index in [0.29, 0.717) is 6.42 Å². The van der Waals surface area contributed by atoms with Crippen LogP contribution in [0.2, 0.25) is 0 Å². The standard InChI is InChI=1S/C19H36O2/c1-2-3-4-5-6-7-8-9-10-11-12-13-14-15-16-17-18-19(20)21/h9-10H,2-8,11-18H2,1H3,(H,20,21)/b10-9-. The Morgan fingerprint density at radius 1 is 0.714 bits per heavy atom. The molecule has 0 aromatic heterocycles. The molecule has 0 aliphatic rings. The van der Waals surface area contributed by atoms with Crippen LogP contribution in [0.3, 0.4) is 0 Å². The molecular formula is C19H36O2. The van der Waals surface area contributed by atoms with Crippen LogP contribution in [0.4, 0.5) is 0 Å². The first-order chi connectivity index (χ1) is 10.3. The van der Waals surface area contributed by atoms with E-state index in [-0.39, 0.29) is 0 Å². The van der Waals surface area contributed by atoms with Crippen molar-refractivity contribution in [1.82, 2.24) is 0 Å². The Bertz CT molecular complexity index is 246. The van der Waals surface area contributed by atoms with Crippen LogP contribution in [-0.4, -0.2) is 11.1 Å². The van der Waals surface area contributed by atoms with Gasteiger partial charge in [0.1, 0.15) is 0 Å². The van der Waals surface area contributed by atoms with E-state index < -0.39 is 5.97 Å². The number of aliphatic carboxylic acids is 1. The summed E-state index contributed by atoms with van der Waals surface area (Å²) in [4.78, 5) is 10.3. The van der Waals surface area contributed by atoms with E-state index in [0.717, 1.165) is 12.8 Å². The molecule has 0 unspecified atom stereocenters. The molecular weight excluding hydrogens is 260 g/mol. The zero-order valence-corrected chi connectivity index (χ0v) is 14.1. The lowest BCUT2D eigenvalue weighted by Gasteiger charge is -1.99. The molecule has 21 heavy (non-hydrogen) atoms. The molecule has 0 saturated carbocycles. The van der Waals surface area contributed by atoms with E-state index in [1.165, 1.54) is 77.0 Å². The summed E-state index contributed by atoms with van der Waals surface area (Å²) in [6, 6.07) is 0. The van der Waals surface area contributed by atoms with Crippen LogP contribution >= 0.6 is 0 Å². The van der Waals surface area contributed by atoms with E-state index in [2.05, 4.69) is 19.1 Å². The lowest BCUT2D eigenvalue weighted by molar-refractivity contribution is -0.137. The number of carboxylic acids is 1. The Balaban J connectivity index is 3.07. The monoisotopic (exact) mass is 296 g/mol. The molecule has 0 heterocycles. The number of allylic oxidation sites excluding steroid dienone is 2. The van der Waals surface area contributed by atoms with Gasteiger partial charge in [-0.15, -0.1) is 0 Å². The number of rotatable bonds is 16. The second kappa shape index (κ2) is 17.3. The molecule has 0 atom stereocenters. The van der Waals surface area contributed by atoms with Crippen molar-refractivity contribution in [2.45, 2.75) is 103 Å². The number of carbonyl (C=O) groups is 1. The summed E-state index contributed by atoms with van der Waals surface area (Å²) in [6.07, 6.45) is 22.7. The first-order valence-corrected chi connectivity index (χ1v) is 9.14. The minimum atomic E-state index is -0.662. The highest BCUT2D eigenvalue weighted by Gasteiger charge is 1.96. The van der Waals surface area contributed by atoms with Gasteiger partial charge in [0.05, 0.1) is 0 Å². The van der Waals surface area contributed by atoms with Crippen LogP contribution in [0.1, 0.15) is 103 Å². The molecule has 0 amide bonds. The smallest absolute Gasteiger partial charge is 0.303 e. The van der Waals surface area contributed by atoms with E-state index in [1.54, 1.807) is 0 Å². The second-order valence-electron chi connectivity index (χ2n) is 6.08. The van der Waals surface area contributed by atoms with Crippen LogP contribution in [-0.2, 0) is 4.79 Å². The van der Waals surface area contributed by atoms with Crippen molar-refractivity contribution in [2.24, 2.45) is 0 Å². The van der Waals surface area contributed by atoms with Gasteiger partial charge in [-0.1, -0.05) is 76.9 Å². The maximum Gasteiger partial charge on any atom is 0.303 e. The lowest BCUT2D eigenvalue weighted by atomic mass is 10.1. The Kier molecular flexibility index (Phi) is 16.6. The molecule has 0 radical (unpaired) electrons. The molecule has 2 heteroatoms. The van der Waals surface area contributed by atoms with Crippen molar-refractivity contribution >= 4 is 5.97 Å². The van der Waals surface area contributed by atoms with Gasteiger partial charge in [-0.2, -0.15) is 0 Å². The largest absolute Gasteiger partial charge is 0.481 e. The maximum absolute atomic E-state index is 10.3. The first-order valence-electron chi connectivity index (χ1n) is 9.14. The predicted octanol–water partition coefficient (Wildman–Crippen LogP) is 6.50. The molecule has 0 aromatic carbocycles. The van der Waals surface area contributed by atoms with Gasteiger partial charge in [-0.25, -0.2) is 0 Å². The lowest BCUT2D eigenvalue weighted by Crippen LogP contribution is -1.93. The zero-order chi connectivity index (χ0) is 15.6. The van der Waals surface area contributed by atoms with Crippen LogP contribution in [0, 0.1) is 0 Å². The summed E-state index contributed by atoms with van der Waals surface area (Å²) in [5, 5.41) is 8.52. The molecule has 2 nitrogen and oxygen atoms in total. The molecule has 0 spiro atoms. The average molecular weight is 296 g/mol. The molecule has 0 fully saturated rings. The summed E-state index contributed by atoms with van der Waals surface area (Å²) < 4.78 is 0. The normalized spacial score (nSPS) is 11.3. The Morgan fingerprint density at radius 2 is 1.14 bits per heavy atom. The maximum atomic E-state index is 10.3. The number of hydrogen-bond acceptors (Lipinski definition) is 1. The number of carboxylic acid groups (broad SMARTS) is 1. The minimum absolute atomic E-state index is 0.335. The van der Waals surface area contributed by atoms with Crippen LogP contribution in [0.25, 0.3) is 0 Å². The molecule has 0 aromatic rings. The molecule has 1 N–H and O–H groups in total. The van der Waals surface area contributed by atoms with Crippen molar-refractivity contribution in [3.05, 3.63) is 12.2 Å². The fourth-order valence-electron chi connectivity index (χ4n) is 2.52. The van der Waals surface area contributed by atoms with Gasteiger partial charge in [-0.3, -0.25) is 4.79 Å². The second-order valence-corrected chi connectivity index (χ2v) is 6.08. The first kappa shape index (κ1) is 20.2. The third-order valence-corrected chi connectivity index (χ3v) is 3.90. The minimum Gasteiger partial charge on any atom is -0.481 e. The Hall–Kier alpha value is -0.790. The summed E-state index contributed by atoms with van der Waals surface area (Å²) in [6.45, 7) is 2.26. The van der Waals surface area contributed by atoms with Gasteiger partial charge in [0, 0.05) is 6.42 Å². The van der Waals surface area contributed by atoms with Crippen molar-refractivity contribution in [1.29, 1.82) is 0 Å². The highest BCUT2D eigenvalue weighted by molar-refractivity contribution is 5.66. The fourth-order valence-corrected chi connectivity index (χ4v) is 2.52. The molecule has 124 valence electrons. The summed E-state index contributed by atoms with van der Waals surface area (Å²) >= 11 is 0. The van der Waals surface area contributed by atoms with Gasteiger partial charge < -0.3 is 5.11 Å². The van der Waals surface area contributed by atoms with Crippen molar-refractivity contribution in [3.63, 3.8) is 0 Å². The van der Waals surface area contributed by atoms with Gasteiger partial charge in [0.25, 0.3) is 0 Å². The highest BCUT2D eigenvalue weighted by Crippen LogP contribution is 2.10. The van der Waals surface area contributed by atoms with E-state index in [1.807, 2.05) is 0 Å². The highest BCUT2D eigenvalue weighted by atomic mass is 16.4.